The van der Waals surface area contributed by atoms with E-state index in [-0.39, 0.29) is 12.6 Å². The summed E-state index contributed by atoms with van der Waals surface area (Å²) in [6, 6.07) is 0.00851. The molecule has 1 aromatic rings. The van der Waals surface area contributed by atoms with E-state index in [0.29, 0.717) is 18.3 Å². The van der Waals surface area contributed by atoms with E-state index in [9.17, 15) is 18.0 Å². The molecule has 116 valence electrons. The van der Waals surface area contributed by atoms with Crippen LogP contribution in [0.4, 0.5) is 13.2 Å². The summed E-state index contributed by atoms with van der Waals surface area (Å²) < 4.78 is 38.6. The van der Waals surface area contributed by atoms with E-state index in [4.69, 9.17) is 0 Å². The first-order valence-corrected chi connectivity index (χ1v) is 7.13. The van der Waals surface area contributed by atoms with Gasteiger partial charge >= 0.3 is 6.18 Å². The number of aromatic nitrogens is 3. The summed E-state index contributed by atoms with van der Waals surface area (Å²) in [6.07, 6.45) is -3.65. The summed E-state index contributed by atoms with van der Waals surface area (Å²) in [5.74, 6) is 1.62. The van der Waals surface area contributed by atoms with Crippen molar-refractivity contribution in [1.82, 2.24) is 19.7 Å². The number of amides is 1. The molecule has 2 heterocycles. The van der Waals surface area contributed by atoms with Gasteiger partial charge in [0, 0.05) is 18.9 Å². The number of fused-ring (bicyclic) bond motifs is 1. The van der Waals surface area contributed by atoms with Gasteiger partial charge in [-0.2, -0.15) is 13.2 Å². The summed E-state index contributed by atoms with van der Waals surface area (Å²) in [5, 5.41) is 8.29. The maximum Gasteiger partial charge on any atom is 0.389 e. The van der Waals surface area contributed by atoms with Crippen molar-refractivity contribution in [2.24, 2.45) is 0 Å². The lowest BCUT2D eigenvalue weighted by Gasteiger charge is -2.32. The normalized spacial score (nSPS) is 22.3. The van der Waals surface area contributed by atoms with E-state index in [0.717, 1.165) is 18.7 Å². The van der Waals surface area contributed by atoms with Gasteiger partial charge in [-0.1, -0.05) is 0 Å². The topological polar surface area (TPSA) is 51.0 Å². The Morgan fingerprint density at radius 1 is 1.33 bits per heavy atom. The number of carbonyl (C=O) groups excluding carboxylic acids is 1. The quantitative estimate of drug-likeness (QED) is 0.861. The molecule has 1 saturated carbocycles. The number of halogens is 3. The lowest BCUT2D eigenvalue weighted by atomic mass is 10.2. The Balaban J connectivity index is 1.69. The molecule has 8 heteroatoms. The van der Waals surface area contributed by atoms with Crippen LogP contribution in [0.25, 0.3) is 0 Å². The van der Waals surface area contributed by atoms with Crippen LogP contribution in [0.1, 0.15) is 56.2 Å². The highest BCUT2D eigenvalue weighted by Crippen LogP contribution is 2.41. The minimum Gasteiger partial charge on any atom is -0.333 e. The van der Waals surface area contributed by atoms with Gasteiger partial charge in [-0.25, -0.2) is 0 Å². The molecule has 1 aromatic heterocycles. The molecule has 0 unspecified atom stereocenters. The highest BCUT2D eigenvalue weighted by molar-refractivity contribution is 5.76. The van der Waals surface area contributed by atoms with Crippen molar-refractivity contribution in [1.29, 1.82) is 0 Å². The Bertz CT molecular complexity index is 550. The minimum atomic E-state index is -4.30. The third-order valence-electron chi connectivity index (χ3n) is 3.97. The molecule has 2 aliphatic rings. The molecule has 21 heavy (non-hydrogen) atoms. The number of hydrogen-bond acceptors (Lipinski definition) is 3. The van der Waals surface area contributed by atoms with Gasteiger partial charge < -0.3 is 9.47 Å². The van der Waals surface area contributed by atoms with Crippen molar-refractivity contribution >= 4 is 5.91 Å². The van der Waals surface area contributed by atoms with Crippen LogP contribution in [-0.4, -0.2) is 38.3 Å². The average molecular weight is 302 g/mol. The van der Waals surface area contributed by atoms with E-state index >= 15 is 0 Å². The van der Waals surface area contributed by atoms with Gasteiger partial charge in [0.15, 0.2) is 5.82 Å². The van der Waals surface area contributed by atoms with Gasteiger partial charge in [-0.05, 0) is 19.8 Å². The highest BCUT2D eigenvalue weighted by atomic mass is 19.4. The molecular weight excluding hydrogens is 285 g/mol. The van der Waals surface area contributed by atoms with Crippen molar-refractivity contribution < 1.29 is 18.0 Å². The second kappa shape index (κ2) is 4.99. The fourth-order valence-corrected chi connectivity index (χ4v) is 2.78. The number of hydrogen-bond donors (Lipinski definition) is 0. The second-order valence-corrected chi connectivity index (χ2v) is 5.86. The molecule has 0 saturated heterocycles. The highest BCUT2D eigenvalue weighted by Gasteiger charge is 2.36. The van der Waals surface area contributed by atoms with E-state index in [1.54, 1.807) is 0 Å². The van der Waals surface area contributed by atoms with E-state index in [2.05, 4.69) is 10.2 Å². The molecule has 3 rings (SSSR count). The summed E-state index contributed by atoms with van der Waals surface area (Å²) in [4.78, 5) is 13.4. The summed E-state index contributed by atoms with van der Waals surface area (Å²) in [7, 11) is 0. The lowest BCUT2D eigenvalue weighted by molar-refractivity contribution is -0.150. The van der Waals surface area contributed by atoms with Crippen LogP contribution in [-0.2, 0) is 11.3 Å². The fraction of sp³-hybridized carbons (Fsp3) is 0.769. The Morgan fingerprint density at radius 2 is 2.05 bits per heavy atom. The molecule has 1 aliphatic carbocycles. The van der Waals surface area contributed by atoms with Gasteiger partial charge in [0.2, 0.25) is 5.91 Å². The number of carbonyl (C=O) groups is 1. The smallest absolute Gasteiger partial charge is 0.333 e. The van der Waals surface area contributed by atoms with Crippen molar-refractivity contribution in [2.75, 3.05) is 6.54 Å². The number of nitrogens with zero attached hydrogens (tertiary/aromatic N) is 4. The predicted molar refractivity (Wildman–Crippen MR) is 67.4 cm³/mol. The first-order valence-electron chi connectivity index (χ1n) is 7.13. The summed E-state index contributed by atoms with van der Waals surface area (Å²) in [6.45, 7) is 2.62. The molecule has 1 fully saturated rings. The van der Waals surface area contributed by atoms with E-state index in [1.165, 1.54) is 4.90 Å². The number of rotatable bonds is 3. The molecule has 0 bridgehead atoms. The van der Waals surface area contributed by atoms with Gasteiger partial charge in [-0.15, -0.1) is 10.2 Å². The molecule has 0 spiro atoms. The monoisotopic (exact) mass is 302 g/mol. The Kier molecular flexibility index (Phi) is 3.41. The van der Waals surface area contributed by atoms with Crippen LogP contribution >= 0.6 is 0 Å². The van der Waals surface area contributed by atoms with Crippen LogP contribution in [0.3, 0.4) is 0 Å². The average Bonchev–Trinajstić information content (AvgIpc) is 3.15. The predicted octanol–water partition coefficient (Wildman–Crippen LogP) is 2.40. The summed E-state index contributed by atoms with van der Waals surface area (Å²) >= 11 is 0. The van der Waals surface area contributed by atoms with Crippen molar-refractivity contribution in [3.63, 3.8) is 0 Å². The van der Waals surface area contributed by atoms with Crippen LogP contribution in [0.5, 0.6) is 0 Å². The van der Waals surface area contributed by atoms with Gasteiger partial charge in [0.1, 0.15) is 5.82 Å². The molecule has 1 atom stereocenters. The first-order chi connectivity index (χ1) is 9.85. The molecule has 1 amide bonds. The van der Waals surface area contributed by atoms with Crippen molar-refractivity contribution in [3.05, 3.63) is 11.6 Å². The zero-order chi connectivity index (χ0) is 15.2. The Hall–Kier alpha value is -1.60. The van der Waals surface area contributed by atoms with Gasteiger partial charge in [0.25, 0.3) is 0 Å². The zero-order valence-electron chi connectivity index (χ0n) is 11.7. The van der Waals surface area contributed by atoms with Crippen LogP contribution < -0.4 is 0 Å². The van der Waals surface area contributed by atoms with Crippen molar-refractivity contribution in [3.8, 4) is 0 Å². The molecule has 0 radical (unpaired) electrons. The molecular formula is C13H17F3N4O. The Morgan fingerprint density at radius 3 is 2.67 bits per heavy atom. The van der Waals surface area contributed by atoms with E-state index < -0.39 is 24.9 Å². The maximum atomic E-state index is 12.2. The van der Waals surface area contributed by atoms with E-state index in [1.807, 2.05) is 11.5 Å². The van der Waals surface area contributed by atoms with Crippen LogP contribution in [0.15, 0.2) is 0 Å². The standard InChI is InChI=1S/C13H17F3N4O/c1-8-6-19(11(21)4-5-13(14,15)16)7-10-17-18-12(20(8)10)9-2-3-9/h8-9H,2-7H2,1H3/t8-/m0/s1. The van der Waals surface area contributed by atoms with Gasteiger partial charge in [0.05, 0.1) is 19.0 Å². The third-order valence-corrected chi connectivity index (χ3v) is 3.97. The molecule has 1 aliphatic heterocycles. The largest absolute Gasteiger partial charge is 0.389 e. The second-order valence-electron chi connectivity index (χ2n) is 5.86. The number of alkyl halides is 3. The first kappa shape index (κ1) is 14.3. The zero-order valence-corrected chi connectivity index (χ0v) is 11.7. The molecule has 5 nitrogen and oxygen atoms in total. The Labute approximate surface area is 120 Å². The van der Waals surface area contributed by atoms with Crippen LogP contribution in [0.2, 0.25) is 0 Å². The SMILES string of the molecule is C[C@H]1CN(C(=O)CCC(F)(F)F)Cc2nnc(C3CC3)n21. The fourth-order valence-electron chi connectivity index (χ4n) is 2.78. The minimum absolute atomic E-state index is 0.00851. The molecule has 0 N–H and O–H groups in total. The third kappa shape index (κ3) is 3.03. The van der Waals surface area contributed by atoms with Gasteiger partial charge in [-0.3, -0.25) is 4.79 Å². The van der Waals surface area contributed by atoms with Crippen LogP contribution in [0, 0.1) is 0 Å². The molecule has 0 aromatic carbocycles. The lowest BCUT2D eigenvalue weighted by Crippen LogP contribution is -2.41. The maximum absolute atomic E-state index is 12.2. The summed E-state index contributed by atoms with van der Waals surface area (Å²) in [5.41, 5.74) is 0. The van der Waals surface area contributed by atoms with Crippen molar-refractivity contribution in [2.45, 2.75) is 57.3 Å².